The number of amides is 1. The third-order valence-electron chi connectivity index (χ3n) is 5.40. The quantitative estimate of drug-likeness (QED) is 0.724. The van der Waals surface area contributed by atoms with Crippen LogP contribution in [0.2, 0.25) is 0 Å². The van der Waals surface area contributed by atoms with Crippen LogP contribution in [0, 0.1) is 6.92 Å². The Labute approximate surface area is 157 Å². The molecule has 2 N–H and O–H groups in total. The van der Waals surface area contributed by atoms with Gasteiger partial charge in [0.25, 0.3) is 0 Å². The number of fused-ring (bicyclic) bond motifs is 2. The van der Waals surface area contributed by atoms with Crippen LogP contribution in [0.5, 0.6) is 0 Å². The molecule has 0 radical (unpaired) electrons. The Hall–Kier alpha value is -3.08. The van der Waals surface area contributed by atoms with Gasteiger partial charge < -0.3 is 15.1 Å². The van der Waals surface area contributed by atoms with Gasteiger partial charge in [0.2, 0.25) is 5.91 Å². The molecular formula is C22H22N2O3. The lowest BCUT2D eigenvalue weighted by Crippen LogP contribution is -2.41. The van der Waals surface area contributed by atoms with Gasteiger partial charge in [-0.05, 0) is 49.1 Å². The van der Waals surface area contributed by atoms with Gasteiger partial charge in [-0.3, -0.25) is 4.79 Å². The Morgan fingerprint density at radius 3 is 2.78 bits per heavy atom. The Bertz CT molecular complexity index is 1090. The van der Waals surface area contributed by atoms with E-state index >= 15 is 0 Å². The highest BCUT2D eigenvalue weighted by atomic mass is 16.4. The average molecular weight is 362 g/mol. The van der Waals surface area contributed by atoms with Crippen LogP contribution in [0.4, 0.5) is 5.69 Å². The molecule has 2 heterocycles. The highest BCUT2D eigenvalue weighted by Crippen LogP contribution is 2.39. The maximum absolute atomic E-state index is 12.1. The minimum Gasteiger partial charge on any atom is -0.423 e. The van der Waals surface area contributed by atoms with E-state index in [0.29, 0.717) is 18.5 Å². The van der Waals surface area contributed by atoms with Gasteiger partial charge in [-0.1, -0.05) is 30.3 Å². The van der Waals surface area contributed by atoms with Crippen molar-refractivity contribution in [1.29, 1.82) is 0 Å². The molecule has 0 unspecified atom stereocenters. The summed E-state index contributed by atoms with van der Waals surface area (Å²) < 4.78 is 5.38. The normalized spacial score (nSPS) is 19.1. The maximum Gasteiger partial charge on any atom is 0.336 e. The number of nitrogens with two attached hydrogens (primary N) is 1. The standard InChI is InChI=1S/C22H22N2O3/c1-13-7-8-16-15(11-21(25)27-20(16)9-13)12-24-14(2)10-18(22(23)26)17-5-3-4-6-19(17)24/h3-9,11,14,18H,10,12H2,1-2H3,(H2,23,26)/t14-,18-/m1/s1. The van der Waals surface area contributed by atoms with Crippen molar-refractivity contribution < 1.29 is 9.21 Å². The Morgan fingerprint density at radius 2 is 2.00 bits per heavy atom. The summed E-state index contributed by atoms with van der Waals surface area (Å²) in [6.45, 7) is 4.62. The van der Waals surface area contributed by atoms with Gasteiger partial charge in [0.1, 0.15) is 5.58 Å². The van der Waals surface area contributed by atoms with Gasteiger partial charge in [-0.25, -0.2) is 4.79 Å². The molecular weight excluding hydrogens is 340 g/mol. The van der Waals surface area contributed by atoms with E-state index in [0.717, 1.165) is 27.8 Å². The molecule has 1 aliphatic rings. The topological polar surface area (TPSA) is 76.5 Å². The number of hydrogen-bond acceptors (Lipinski definition) is 4. The first-order valence-electron chi connectivity index (χ1n) is 9.12. The number of aryl methyl sites for hydroxylation is 1. The molecule has 1 aliphatic heterocycles. The number of anilines is 1. The molecule has 2 atom stereocenters. The SMILES string of the molecule is Cc1ccc2c(CN3c4ccccc4[C@H](C(N)=O)C[C@H]3C)cc(=O)oc2c1. The second-order valence-corrected chi connectivity index (χ2v) is 7.32. The Kier molecular flexibility index (Phi) is 4.22. The van der Waals surface area contributed by atoms with E-state index in [1.54, 1.807) is 6.07 Å². The summed E-state index contributed by atoms with van der Waals surface area (Å²) in [5.74, 6) is -0.581. The van der Waals surface area contributed by atoms with Crippen molar-refractivity contribution in [2.24, 2.45) is 5.73 Å². The average Bonchev–Trinajstić information content (AvgIpc) is 2.63. The van der Waals surface area contributed by atoms with Crippen LogP contribution in [0.15, 0.2) is 57.7 Å². The highest BCUT2D eigenvalue weighted by Gasteiger charge is 2.33. The smallest absolute Gasteiger partial charge is 0.336 e. The number of rotatable bonds is 3. The van der Waals surface area contributed by atoms with Crippen LogP contribution in [0.3, 0.4) is 0 Å². The summed E-state index contributed by atoms with van der Waals surface area (Å²) in [6, 6.07) is 15.4. The van der Waals surface area contributed by atoms with Crippen molar-refractivity contribution in [2.45, 2.75) is 38.8 Å². The lowest BCUT2D eigenvalue weighted by Gasteiger charge is -2.40. The van der Waals surface area contributed by atoms with Crippen molar-refractivity contribution >= 4 is 22.6 Å². The molecule has 0 bridgehead atoms. The molecule has 0 spiro atoms. The van der Waals surface area contributed by atoms with E-state index in [2.05, 4.69) is 11.8 Å². The fraction of sp³-hybridized carbons (Fsp3) is 0.273. The summed E-state index contributed by atoms with van der Waals surface area (Å²) in [5.41, 5.74) is 9.80. The first-order valence-corrected chi connectivity index (χ1v) is 9.12. The number of para-hydroxylation sites is 1. The van der Waals surface area contributed by atoms with E-state index < -0.39 is 0 Å². The molecule has 2 aromatic carbocycles. The van der Waals surface area contributed by atoms with Crippen molar-refractivity contribution in [3.05, 3.63) is 75.6 Å². The van der Waals surface area contributed by atoms with E-state index in [1.807, 2.05) is 49.4 Å². The van der Waals surface area contributed by atoms with Crippen molar-refractivity contribution in [2.75, 3.05) is 4.90 Å². The summed E-state index contributed by atoms with van der Waals surface area (Å²) in [7, 11) is 0. The van der Waals surface area contributed by atoms with Crippen LogP contribution in [0.25, 0.3) is 11.0 Å². The fourth-order valence-corrected chi connectivity index (χ4v) is 4.04. The number of nitrogens with zero attached hydrogens (tertiary/aromatic N) is 1. The Balaban J connectivity index is 1.81. The number of primary amides is 1. The predicted octanol–water partition coefficient (Wildman–Crippen LogP) is 3.47. The molecule has 1 aromatic heterocycles. The molecule has 0 fully saturated rings. The predicted molar refractivity (Wildman–Crippen MR) is 106 cm³/mol. The molecule has 27 heavy (non-hydrogen) atoms. The van der Waals surface area contributed by atoms with E-state index in [4.69, 9.17) is 10.2 Å². The zero-order valence-corrected chi connectivity index (χ0v) is 15.4. The van der Waals surface area contributed by atoms with Gasteiger partial charge in [0, 0.05) is 29.7 Å². The minimum absolute atomic E-state index is 0.116. The summed E-state index contributed by atoms with van der Waals surface area (Å²) >= 11 is 0. The molecule has 5 heteroatoms. The van der Waals surface area contributed by atoms with E-state index in [9.17, 15) is 9.59 Å². The second kappa shape index (κ2) is 6.58. The van der Waals surface area contributed by atoms with Crippen LogP contribution in [0.1, 0.15) is 36.0 Å². The van der Waals surface area contributed by atoms with Crippen molar-refractivity contribution in [3.8, 4) is 0 Å². The summed E-state index contributed by atoms with van der Waals surface area (Å²) in [5, 5.41) is 0.932. The number of benzene rings is 2. The monoisotopic (exact) mass is 362 g/mol. The third-order valence-corrected chi connectivity index (χ3v) is 5.40. The fourth-order valence-electron chi connectivity index (χ4n) is 4.04. The van der Waals surface area contributed by atoms with E-state index in [1.165, 1.54) is 0 Å². The molecule has 0 saturated carbocycles. The van der Waals surface area contributed by atoms with Crippen LogP contribution in [-0.2, 0) is 11.3 Å². The largest absolute Gasteiger partial charge is 0.423 e. The van der Waals surface area contributed by atoms with Crippen molar-refractivity contribution in [3.63, 3.8) is 0 Å². The molecule has 1 amide bonds. The van der Waals surface area contributed by atoms with Gasteiger partial charge in [-0.15, -0.1) is 0 Å². The molecule has 5 nitrogen and oxygen atoms in total. The number of carbonyl (C=O) groups excluding carboxylic acids is 1. The van der Waals surface area contributed by atoms with Crippen LogP contribution in [-0.4, -0.2) is 11.9 Å². The third kappa shape index (κ3) is 3.10. The molecule has 0 aliphatic carbocycles. The summed E-state index contributed by atoms with van der Waals surface area (Å²) in [4.78, 5) is 26.2. The molecule has 3 aromatic rings. The molecule has 0 saturated heterocycles. The molecule has 138 valence electrons. The zero-order valence-electron chi connectivity index (χ0n) is 15.4. The maximum atomic E-state index is 12.1. The van der Waals surface area contributed by atoms with Gasteiger partial charge in [0.05, 0.1) is 5.92 Å². The first-order chi connectivity index (χ1) is 12.9. The van der Waals surface area contributed by atoms with E-state index in [-0.39, 0.29) is 23.5 Å². The van der Waals surface area contributed by atoms with Gasteiger partial charge in [-0.2, -0.15) is 0 Å². The number of carbonyl (C=O) groups is 1. The highest BCUT2D eigenvalue weighted by molar-refractivity contribution is 5.86. The lowest BCUT2D eigenvalue weighted by atomic mass is 9.85. The summed E-state index contributed by atoms with van der Waals surface area (Å²) in [6.07, 6.45) is 0.658. The first kappa shape index (κ1) is 17.3. The van der Waals surface area contributed by atoms with Gasteiger partial charge in [0.15, 0.2) is 0 Å². The Morgan fingerprint density at radius 1 is 1.22 bits per heavy atom. The number of hydrogen-bond donors (Lipinski definition) is 1. The van der Waals surface area contributed by atoms with Crippen LogP contribution >= 0.6 is 0 Å². The van der Waals surface area contributed by atoms with Crippen molar-refractivity contribution in [1.82, 2.24) is 0 Å². The molecule has 4 rings (SSSR count). The lowest BCUT2D eigenvalue weighted by molar-refractivity contribution is -0.119. The minimum atomic E-state index is -0.351. The second-order valence-electron chi connectivity index (χ2n) is 7.32. The van der Waals surface area contributed by atoms with Crippen LogP contribution < -0.4 is 16.3 Å². The zero-order chi connectivity index (χ0) is 19.1. The van der Waals surface area contributed by atoms with Gasteiger partial charge >= 0.3 is 5.63 Å².